The molecule has 5 heteroatoms. The van der Waals surface area contributed by atoms with Crippen molar-refractivity contribution in [2.24, 2.45) is 7.05 Å². The second-order valence-electron chi connectivity index (χ2n) is 4.35. The predicted molar refractivity (Wildman–Crippen MR) is 61.8 cm³/mol. The van der Waals surface area contributed by atoms with Crippen molar-refractivity contribution in [2.45, 2.75) is 32.7 Å². The van der Waals surface area contributed by atoms with Crippen molar-refractivity contribution in [3.8, 4) is 0 Å². The summed E-state index contributed by atoms with van der Waals surface area (Å²) in [7, 11) is 1.84. The third-order valence-electron chi connectivity index (χ3n) is 2.35. The number of hydrogen-bond donors (Lipinski definition) is 3. The van der Waals surface area contributed by atoms with E-state index in [0.717, 1.165) is 17.9 Å². The number of nitrogen functional groups attached to an aromatic ring is 1. The lowest BCUT2D eigenvalue weighted by atomic mass is 10.1. The summed E-state index contributed by atoms with van der Waals surface area (Å²) in [4.78, 5) is 0. The highest BCUT2D eigenvalue weighted by atomic mass is 16.3. The molecule has 0 bridgehead atoms. The molecule has 1 aromatic rings. The van der Waals surface area contributed by atoms with E-state index in [9.17, 15) is 0 Å². The molecule has 0 aliphatic heterocycles. The van der Waals surface area contributed by atoms with Crippen LogP contribution in [-0.2, 0) is 13.5 Å². The molecule has 0 saturated carbocycles. The van der Waals surface area contributed by atoms with Crippen LogP contribution in [0.5, 0.6) is 0 Å². The van der Waals surface area contributed by atoms with Crippen molar-refractivity contribution in [1.82, 2.24) is 9.78 Å². The second-order valence-corrected chi connectivity index (χ2v) is 4.35. The molecule has 0 spiro atoms. The monoisotopic (exact) mass is 212 g/mol. The maximum Gasteiger partial charge on any atom is 0.148 e. The first-order valence-corrected chi connectivity index (χ1v) is 5.11. The van der Waals surface area contributed by atoms with E-state index in [2.05, 4.69) is 10.4 Å². The fourth-order valence-electron chi connectivity index (χ4n) is 1.37. The van der Waals surface area contributed by atoms with Crippen LogP contribution in [0.3, 0.4) is 0 Å². The Kier molecular flexibility index (Phi) is 3.24. The molecule has 1 aromatic heterocycles. The first-order valence-electron chi connectivity index (χ1n) is 5.11. The van der Waals surface area contributed by atoms with Gasteiger partial charge in [0.2, 0.25) is 0 Å². The van der Waals surface area contributed by atoms with E-state index in [1.165, 1.54) is 0 Å². The highest BCUT2D eigenvalue weighted by Crippen LogP contribution is 2.25. The van der Waals surface area contributed by atoms with Gasteiger partial charge >= 0.3 is 0 Å². The number of aryl methyl sites for hydroxylation is 2. The van der Waals surface area contributed by atoms with Crippen molar-refractivity contribution < 1.29 is 5.11 Å². The number of aliphatic hydroxyl groups excluding tert-OH is 1. The Labute approximate surface area is 90.3 Å². The van der Waals surface area contributed by atoms with Gasteiger partial charge in [0.1, 0.15) is 5.82 Å². The Bertz CT molecular complexity index is 343. The molecule has 4 N–H and O–H groups in total. The van der Waals surface area contributed by atoms with E-state index in [0.29, 0.717) is 5.69 Å². The Morgan fingerprint density at radius 3 is 2.53 bits per heavy atom. The highest BCUT2D eigenvalue weighted by Gasteiger charge is 2.20. The van der Waals surface area contributed by atoms with Crippen LogP contribution in [0.15, 0.2) is 0 Å². The predicted octanol–water partition coefficient (Wildman–Crippen LogP) is 0.748. The van der Waals surface area contributed by atoms with Crippen molar-refractivity contribution in [3.63, 3.8) is 0 Å². The molecule has 86 valence electrons. The number of anilines is 2. The molecule has 0 radical (unpaired) electrons. The quantitative estimate of drug-likeness (QED) is 0.688. The third kappa shape index (κ3) is 2.41. The molecular weight excluding hydrogens is 192 g/mol. The van der Waals surface area contributed by atoms with Crippen LogP contribution in [0.1, 0.15) is 26.5 Å². The average Bonchev–Trinajstić information content (AvgIpc) is 2.45. The van der Waals surface area contributed by atoms with Gasteiger partial charge in [0.25, 0.3) is 0 Å². The molecule has 15 heavy (non-hydrogen) atoms. The molecular formula is C10H20N4O. The molecule has 5 nitrogen and oxygen atoms in total. The highest BCUT2D eigenvalue weighted by molar-refractivity contribution is 5.65. The van der Waals surface area contributed by atoms with Crippen molar-refractivity contribution in [1.29, 1.82) is 0 Å². The van der Waals surface area contributed by atoms with Crippen molar-refractivity contribution >= 4 is 11.5 Å². The van der Waals surface area contributed by atoms with Gasteiger partial charge in [-0.2, -0.15) is 5.10 Å². The SMILES string of the molecule is CCc1nn(C)c(NC(C)(C)CO)c1N. The summed E-state index contributed by atoms with van der Waals surface area (Å²) in [5, 5.41) is 16.6. The zero-order chi connectivity index (χ0) is 11.6. The van der Waals surface area contributed by atoms with Crippen LogP contribution >= 0.6 is 0 Å². The lowest BCUT2D eigenvalue weighted by molar-refractivity contribution is 0.233. The van der Waals surface area contributed by atoms with Gasteiger partial charge in [-0.1, -0.05) is 6.92 Å². The summed E-state index contributed by atoms with van der Waals surface area (Å²) >= 11 is 0. The second kappa shape index (κ2) is 4.10. The maximum atomic E-state index is 9.17. The molecule has 0 atom stereocenters. The van der Waals surface area contributed by atoms with Crippen LogP contribution in [0.25, 0.3) is 0 Å². The molecule has 0 fully saturated rings. The van der Waals surface area contributed by atoms with E-state index < -0.39 is 5.54 Å². The summed E-state index contributed by atoms with van der Waals surface area (Å²) in [6.07, 6.45) is 0.806. The standard InChI is InChI=1S/C10H20N4O/c1-5-7-8(11)9(14(4)13-7)12-10(2,3)6-15/h12,15H,5-6,11H2,1-4H3. The van der Waals surface area contributed by atoms with E-state index in [1.807, 2.05) is 27.8 Å². The number of hydrogen-bond acceptors (Lipinski definition) is 4. The minimum absolute atomic E-state index is 0.0408. The fourth-order valence-corrected chi connectivity index (χ4v) is 1.37. The van der Waals surface area contributed by atoms with Crippen LogP contribution in [0, 0.1) is 0 Å². The molecule has 0 amide bonds. The summed E-state index contributed by atoms with van der Waals surface area (Å²) in [5.41, 5.74) is 7.10. The van der Waals surface area contributed by atoms with Crippen LogP contribution in [0.2, 0.25) is 0 Å². The van der Waals surface area contributed by atoms with Gasteiger partial charge in [0.15, 0.2) is 0 Å². The van der Waals surface area contributed by atoms with Gasteiger partial charge in [-0.25, -0.2) is 0 Å². The number of nitrogens with zero attached hydrogens (tertiary/aromatic N) is 2. The van der Waals surface area contributed by atoms with Gasteiger partial charge < -0.3 is 16.2 Å². The Balaban J connectivity index is 2.99. The number of nitrogens with one attached hydrogen (secondary N) is 1. The van der Waals surface area contributed by atoms with Gasteiger partial charge in [-0.3, -0.25) is 4.68 Å². The lowest BCUT2D eigenvalue weighted by Gasteiger charge is -2.25. The van der Waals surface area contributed by atoms with E-state index in [-0.39, 0.29) is 6.61 Å². The van der Waals surface area contributed by atoms with Gasteiger partial charge in [0.05, 0.1) is 23.5 Å². The Morgan fingerprint density at radius 2 is 2.13 bits per heavy atom. The molecule has 0 aliphatic carbocycles. The van der Waals surface area contributed by atoms with Gasteiger partial charge in [-0.05, 0) is 20.3 Å². The average molecular weight is 212 g/mol. The van der Waals surface area contributed by atoms with Crippen LogP contribution in [-0.4, -0.2) is 27.0 Å². The summed E-state index contributed by atoms with van der Waals surface area (Å²) in [6, 6.07) is 0. The normalized spacial score (nSPS) is 11.8. The van der Waals surface area contributed by atoms with E-state index >= 15 is 0 Å². The third-order valence-corrected chi connectivity index (χ3v) is 2.35. The van der Waals surface area contributed by atoms with Gasteiger partial charge in [0, 0.05) is 7.05 Å². The zero-order valence-electron chi connectivity index (χ0n) is 9.83. The summed E-state index contributed by atoms with van der Waals surface area (Å²) in [5.74, 6) is 0.769. The molecule has 0 aromatic carbocycles. The van der Waals surface area contributed by atoms with Crippen LogP contribution < -0.4 is 11.1 Å². The molecule has 0 saturated heterocycles. The zero-order valence-corrected chi connectivity index (χ0v) is 9.83. The van der Waals surface area contributed by atoms with Crippen molar-refractivity contribution in [2.75, 3.05) is 17.7 Å². The number of rotatable bonds is 4. The first kappa shape index (κ1) is 11.8. The van der Waals surface area contributed by atoms with Crippen molar-refractivity contribution in [3.05, 3.63) is 5.69 Å². The van der Waals surface area contributed by atoms with E-state index in [4.69, 9.17) is 10.8 Å². The lowest BCUT2D eigenvalue weighted by Crippen LogP contribution is -2.36. The first-order chi connectivity index (χ1) is 6.91. The summed E-state index contributed by atoms with van der Waals surface area (Å²) < 4.78 is 1.71. The molecule has 1 rings (SSSR count). The van der Waals surface area contributed by atoms with Crippen LogP contribution in [0.4, 0.5) is 11.5 Å². The topological polar surface area (TPSA) is 76.1 Å². The Morgan fingerprint density at radius 1 is 1.53 bits per heavy atom. The number of aliphatic hydroxyl groups is 1. The Hall–Kier alpha value is -1.23. The smallest absolute Gasteiger partial charge is 0.148 e. The minimum atomic E-state index is -0.396. The molecule has 0 aliphatic rings. The largest absolute Gasteiger partial charge is 0.394 e. The number of aromatic nitrogens is 2. The fraction of sp³-hybridized carbons (Fsp3) is 0.700. The molecule has 0 unspecified atom stereocenters. The maximum absolute atomic E-state index is 9.17. The minimum Gasteiger partial charge on any atom is -0.394 e. The number of nitrogens with two attached hydrogens (primary N) is 1. The van der Waals surface area contributed by atoms with E-state index in [1.54, 1.807) is 4.68 Å². The van der Waals surface area contributed by atoms with Gasteiger partial charge in [-0.15, -0.1) is 0 Å². The summed E-state index contributed by atoms with van der Waals surface area (Å²) in [6.45, 7) is 5.87. The molecule has 1 heterocycles.